The molecule has 0 aromatic heterocycles. The molecule has 1 atom stereocenters. The lowest BCUT2D eigenvalue weighted by atomic mass is 10.1. The molecule has 2 amide bonds. The fraction of sp³-hybridized carbons (Fsp3) is 0.333. The minimum atomic E-state index is -4.29. The number of hydrogen-bond acceptors (Lipinski definition) is 5. The zero-order valence-electron chi connectivity index (χ0n) is 23.5. The van der Waals surface area contributed by atoms with E-state index in [1.807, 2.05) is 20.8 Å². The van der Waals surface area contributed by atoms with Gasteiger partial charge in [-0.15, -0.1) is 0 Å². The maximum Gasteiger partial charge on any atom is 0.264 e. The second-order valence-electron chi connectivity index (χ2n) is 9.63. The number of hydrogen-bond donors (Lipinski definition) is 1. The Kier molecular flexibility index (Phi) is 11.1. The van der Waals surface area contributed by atoms with E-state index in [9.17, 15) is 22.4 Å². The number of nitrogens with one attached hydrogen (secondary N) is 1. The number of sulfonamides is 1. The van der Waals surface area contributed by atoms with Crippen LogP contribution in [-0.4, -0.2) is 50.4 Å². The van der Waals surface area contributed by atoms with Gasteiger partial charge < -0.3 is 15.0 Å². The molecule has 220 valence electrons. The Morgan fingerprint density at radius 2 is 1.56 bits per heavy atom. The summed E-state index contributed by atoms with van der Waals surface area (Å²) in [5.74, 6) is -1.02. The molecule has 11 heteroatoms. The van der Waals surface area contributed by atoms with Crippen molar-refractivity contribution in [2.75, 3.05) is 17.5 Å². The summed E-state index contributed by atoms with van der Waals surface area (Å²) in [6.07, 6.45) is 0.292. The zero-order chi connectivity index (χ0) is 30.2. The fourth-order valence-corrected chi connectivity index (χ4v) is 5.76. The Labute approximate surface area is 246 Å². The van der Waals surface area contributed by atoms with Gasteiger partial charge in [0.05, 0.1) is 17.2 Å². The average molecular weight is 604 g/mol. The number of halogens is 2. The normalized spacial score (nSPS) is 12.1. The largest absolute Gasteiger partial charge is 0.494 e. The molecule has 0 aliphatic carbocycles. The topological polar surface area (TPSA) is 96.0 Å². The molecule has 3 aromatic rings. The van der Waals surface area contributed by atoms with E-state index >= 15 is 0 Å². The molecule has 0 spiro atoms. The summed E-state index contributed by atoms with van der Waals surface area (Å²) in [6, 6.07) is 16.4. The third-order valence-electron chi connectivity index (χ3n) is 6.20. The summed E-state index contributed by atoms with van der Waals surface area (Å²) < 4.78 is 47.9. The number of ether oxygens (including phenoxy) is 1. The van der Waals surface area contributed by atoms with E-state index in [0.717, 1.165) is 16.4 Å². The lowest BCUT2D eigenvalue weighted by Gasteiger charge is -2.33. The minimum Gasteiger partial charge on any atom is -0.494 e. The van der Waals surface area contributed by atoms with Crippen molar-refractivity contribution in [3.05, 3.63) is 89.2 Å². The highest BCUT2D eigenvalue weighted by molar-refractivity contribution is 7.92. The minimum absolute atomic E-state index is 0.0420. The van der Waals surface area contributed by atoms with Crippen molar-refractivity contribution in [2.24, 2.45) is 0 Å². The highest BCUT2D eigenvalue weighted by atomic mass is 35.5. The zero-order valence-corrected chi connectivity index (χ0v) is 25.1. The molecule has 0 fully saturated rings. The fourth-order valence-electron chi connectivity index (χ4n) is 4.22. The second-order valence-corrected chi connectivity index (χ2v) is 11.9. The van der Waals surface area contributed by atoms with Gasteiger partial charge in [0.25, 0.3) is 10.0 Å². The molecule has 41 heavy (non-hydrogen) atoms. The molecule has 3 rings (SSSR count). The van der Waals surface area contributed by atoms with E-state index in [4.69, 9.17) is 16.3 Å². The first-order valence-electron chi connectivity index (χ1n) is 13.3. The van der Waals surface area contributed by atoms with Crippen LogP contribution in [-0.2, 0) is 26.2 Å². The molecular weight excluding hydrogens is 569 g/mol. The van der Waals surface area contributed by atoms with Gasteiger partial charge in [0.15, 0.2) is 0 Å². The van der Waals surface area contributed by atoms with Gasteiger partial charge in [0, 0.05) is 17.6 Å². The van der Waals surface area contributed by atoms with Crippen molar-refractivity contribution < 1.29 is 27.1 Å². The van der Waals surface area contributed by atoms with Crippen LogP contribution in [0.1, 0.15) is 39.7 Å². The summed E-state index contributed by atoms with van der Waals surface area (Å²) >= 11 is 6.04. The Balaban J connectivity index is 2.04. The van der Waals surface area contributed by atoms with Crippen LogP contribution in [0.3, 0.4) is 0 Å². The molecule has 0 saturated heterocycles. The first-order valence-corrected chi connectivity index (χ1v) is 15.1. The quantitative estimate of drug-likeness (QED) is 0.282. The summed E-state index contributed by atoms with van der Waals surface area (Å²) in [4.78, 5) is 28.4. The van der Waals surface area contributed by atoms with Gasteiger partial charge in [-0.2, -0.15) is 0 Å². The highest BCUT2D eigenvalue weighted by Gasteiger charge is 2.34. The summed E-state index contributed by atoms with van der Waals surface area (Å²) in [6.45, 7) is 7.05. The van der Waals surface area contributed by atoms with Gasteiger partial charge in [0.2, 0.25) is 11.8 Å². The summed E-state index contributed by atoms with van der Waals surface area (Å²) in [7, 11) is -4.29. The van der Waals surface area contributed by atoms with Crippen molar-refractivity contribution in [3.63, 3.8) is 0 Å². The molecule has 1 unspecified atom stereocenters. The number of benzene rings is 3. The maximum absolute atomic E-state index is 14.0. The van der Waals surface area contributed by atoms with E-state index in [1.54, 1.807) is 31.2 Å². The standard InChI is InChI=1S/C30H35ClFN3O5S/c1-5-28(30(37)33-21(3)4)34(19-22-7-9-23(31)10-8-22)29(36)20-35(25-13-11-24(32)12-14-25)41(38,39)27-17-15-26(16-18-27)40-6-2/h7-18,21,28H,5-6,19-20H2,1-4H3,(H,33,37). The lowest BCUT2D eigenvalue weighted by Crippen LogP contribution is -2.53. The number of rotatable bonds is 13. The Bertz CT molecular complexity index is 1420. The van der Waals surface area contributed by atoms with Crippen LogP contribution in [0, 0.1) is 5.82 Å². The first-order chi connectivity index (χ1) is 19.5. The van der Waals surface area contributed by atoms with Crippen molar-refractivity contribution in [1.29, 1.82) is 0 Å². The molecule has 0 saturated carbocycles. The van der Waals surface area contributed by atoms with E-state index in [1.165, 1.54) is 41.3 Å². The van der Waals surface area contributed by atoms with Gasteiger partial charge in [-0.1, -0.05) is 30.7 Å². The van der Waals surface area contributed by atoms with Gasteiger partial charge >= 0.3 is 0 Å². The SMILES string of the molecule is CCOc1ccc(S(=O)(=O)N(CC(=O)N(Cc2ccc(Cl)cc2)C(CC)C(=O)NC(C)C)c2ccc(F)cc2)cc1. The number of carbonyl (C=O) groups is 2. The van der Waals surface area contributed by atoms with E-state index in [-0.39, 0.29) is 29.1 Å². The van der Waals surface area contributed by atoms with Crippen molar-refractivity contribution in [1.82, 2.24) is 10.2 Å². The van der Waals surface area contributed by atoms with E-state index < -0.39 is 34.3 Å². The highest BCUT2D eigenvalue weighted by Crippen LogP contribution is 2.26. The smallest absolute Gasteiger partial charge is 0.264 e. The Morgan fingerprint density at radius 3 is 2.10 bits per heavy atom. The van der Waals surface area contributed by atoms with Crippen LogP contribution in [0.4, 0.5) is 10.1 Å². The predicted octanol–water partition coefficient (Wildman–Crippen LogP) is 5.41. The van der Waals surface area contributed by atoms with Crippen LogP contribution in [0.5, 0.6) is 5.75 Å². The van der Waals surface area contributed by atoms with E-state index in [0.29, 0.717) is 29.4 Å². The number of nitrogens with zero attached hydrogens (tertiary/aromatic N) is 2. The predicted molar refractivity (Wildman–Crippen MR) is 158 cm³/mol. The van der Waals surface area contributed by atoms with Crippen LogP contribution in [0.25, 0.3) is 0 Å². The van der Waals surface area contributed by atoms with Crippen molar-refractivity contribution >= 4 is 39.1 Å². The molecule has 0 heterocycles. The third kappa shape index (κ3) is 8.43. The molecular formula is C30H35ClFN3O5S. The molecule has 0 aliphatic heterocycles. The van der Waals surface area contributed by atoms with Crippen molar-refractivity contribution in [2.45, 2.75) is 57.6 Å². The maximum atomic E-state index is 14.0. The average Bonchev–Trinajstić information content (AvgIpc) is 2.93. The number of amides is 2. The second kappa shape index (κ2) is 14.3. The summed E-state index contributed by atoms with van der Waals surface area (Å²) in [5, 5.41) is 3.36. The van der Waals surface area contributed by atoms with Crippen LogP contribution >= 0.6 is 11.6 Å². The number of carbonyl (C=O) groups excluding carboxylic acids is 2. The van der Waals surface area contributed by atoms with E-state index in [2.05, 4.69) is 5.32 Å². The van der Waals surface area contributed by atoms with Gasteiger partial charge in [-0.05, 0) is 93.4 Å². The summed E-state index contributed by atoms with van der Waals surface area (Å²) in [5.41, 5.74) is 0.806. The molecule has 1 N–H and O–H groups in total. The molecule has 8 nitrogen and oxygen atoms in total. The monoisotopic (exact) mass is 603 g/mol. The molecule has 3 aromatic carbocycles. The Morgan fingerprint density at radius 1 is 0.951 bits per heavy atom. The van der Waals surface area contributed by atoms with Gasteiger partial charge in [-0.25, -0.2) is 12.8 Å². The Hall–Kier alpha value is -3.63. The first kappa shape index (κ1) is 31.9. The van der Waals surface area contributed by atoms with Crippen molar-refractivity contribution in [3.8, 4) is 5.75 Å². The number of anilines is 1. The van der Waals surface area contributed by atoms with Gasteiger partial charge in [0.1, 0.15) is 24.2 Å². The van der Waals surface area contributed by atoms with Crippen LogP contribution < -0.4 is 14.4 Å². The molecule has 0 radical (unpaired) electrons. The molecule has 0 aliphatic rings. The third-order valence-corrected chi connectivity index (χ3v) is 8.24. The molecule has 0 bridgehead atoms. The van der Waals surface area contributed by atoms with Crippen LogP contribution in [0.15, 0.2) is 77.7 Å². The van der Waals surface area contributed by atoms with Crippen LogP contribution in [0.2, 0.25) is 5.02 Å². The van der Waals surface area contributed by atoms with Gasteiger partial charge in [-0.3, -0.25) is 13.9 Å². The lowest BCUT2D eigenvalue weighted by molar-refractivity contribution is -0.140.